The van der Waals surface area contributed by atoms with Crippen LogP contribution in [0.25, 0.3) is 0 Å². The molecule has 1 N–H and O–H groups in total. The van der Waals surface area contributed by atoms with Gasteiger partial charge in [0.15, 0.2) is 0 Å². The van der Waals surface area contributed by atoms with Crippen molar-refractivity contribution >= 4 is 23.2 Å². The average Bonchev–Trinajstić information content (AvgIpc) is 2.53. The van der Waals surface area contributed by atoms with Gasteiger partial charge >= 0.3 is 0 Å². The van der Waals surface area contributed by atoms with E-state index in [2.05, 4.69) is 11.4 Å². The fourth-order valence-electron chi connectivity index (χ4n) is 3.39. The second-order valence-electron chi connectivity index (χ2n) is 6.32. The zero-order valence-corrected chi connectivity index (χ0v) is 14.3. The van der Waals surface area contributed by atoms with Gasteiger partial charge in [0.2, 0.25) is 11.8 Å². The Labute approximate surface area is 142 Å². The van der Waals surface area contributed by atoms with E-state index in [1.165, 1.54) is 0 Å². The predicted octanol–water partition coefficient (Wildman–Crippen LogP) is 3.78. The molecule has 0 aliphatic carbocycles. The number of para-hydroxylation sites is 1. The Kier molecular flexibility index (Phi) is 4.38. The molecule has 2 aromatic carbocycles. The number of benzene rings is 2. The molecule has 0 saturated heterocycles. The van der Waals surface area contributed by atoms with Gasteiger partial charge in [0.1, 0.15) is 0 Å². The van der Waals surface area contributed by atoms with Crippen molar-refractivity contribution < 1.29 is 9.59 Å². The van der Waals surface area contributed by atoms with Crippen molar-refractivity contribution in [2.24, 2.45) is 0 Å². The SMILES string of the molecule is CCN(C(=O)C1CC(=O)Nc2ccccc21)c1cc(C)cc(C)c1. The van der Waals surface area contributed by atoms with E-state index in [9.17, 15) is 9.59 Å². The minimum Gasteiger partial charge on any atom is -0.326 e. The summed E-state index contributed by atoms with van der Waals surface area (Å²) >= 11 is 0. The van der Waals surface area contributed by atoms with Crippen molar-refractivity contribution in [1.82, 2.24) is 0 Å². The minimum atomic E-state index is -0.435. The molecule has 1 unspecified atom stereocenters. The second-order valence-corrected chi connectivity index (χ2v) is 6.32. The molecule has 24 heavy (non-hydrogen) atoms. The summed E-state index contributed by atoms with van der Waals surface area (Å²) in [5, 5.41) is 2.85. The third-order valence-corrected chi connectivity index (χ3v) is 4.40. The van der Waals surface area contributed by atoms with E-state index in [0.717, 1.165) is 28.1 Å². The lowest BCUT2D eigenvalue weighted by Crippen LogP contribution is -2.38. The molecule has 1 aliphatic heterocycles. The van der Waals surface area contributed by atoms with E-state index in [4.69, 9.17) is 0 Å². The van der Waals surface area contributed by atoms with Crippen molar-refractivity contribution in [3.05, 3.63) is 59.2 Å². The van der Waals surface area contributed by atoms with Crippen LogP contribution in [0, 0.1) is 13.8 Å². The lowest BCUT2D eigenvalue weighted by molar-refractivity contribution is -0.124. The fraction of sp³-hybridized carbons (Fsp3) is 0.300. The smallest absolute Gasteiger partial charge is 0.235 e. The van der Waals surface area contributed by atoms with Crippen LogP contribution in [0.15, 0.2) is 42.5 Å². The number of anilines is 2. The lowest BCUT2D eigenvalue weighted by Gasteiger charge is -2.30. The van der Waals surface area contributed by atoms with Crippen LogP contribution in [0.2, 0.25) is 0 Å². The van der Waals surface area contributed by atoms with Crippen LogP contribution in [0.5, 0.6) is 0 Å². The van der Waals surface area contributed by atoms with Gasteiger partial charge in [-0.05, 0) is 55.7 Å². The molecular formula is C20H22N2O2. The van der Waals surface area contributed by atoms with Crippen molar-refractivity contribution in [2.45, 2.75) is 33.1 Å². The molecule has 0 bridgehead atoms. The van der Waals surface area contributed by atoms with Gasteiger partial charge in [-0.25, -0.2) is 0 Å². The third-order valence-electron chi connectivity index (χ3n) is 4.40. The summed E-state index contributed by atoms with van der Waals surface area (Å²) in [5.41, 5.74) is 4.77. The molecule has 2 amide bonds. The number of aryl methyl sites for hydroxylation is 2. The Balaban J connectivity index is 1.99. The maximum absolute atomic E-state index is 13.2. The molecule has 4 nitrogen and oxygen atoms in total. The molecule has 3 rings (SSSR count). The normalized spacial score (nSPS) is 16.3. The topological polar surface area (TPSA) is 49.4 Å². The molecule has 0 aromatic heterocycles. The van der Waals surface area contributed by atoms with Gasteiger partial charge in [0, 0.05) is 24.3 Å². The van der Waals surface area contributed by atoms with Gasteiger partial charge in [-0.3, -0.25) is 9.59 Å². The molecule has 124 valence electrons. The molecule has 1 aliphatic rings. The number of amides is 2. The maximum atomic E-state index is 13.2. The molecule has 0 radical (unpaired) electrons. The van der Waals surface area contributed by atoms with Gasteiger partial charge in [-0.2, -0.15) is 0 Å². The summed E-state index contributed by atoms with van der Waals surface area (Å²) in [6.07, 6.45) is 0.192. The lowest BCUT2D eigenvalue weighted by atomic mass is 9.89. The summed E-state index contributed by atoms with van der Waals surface area (Å²) in [6, 6.07) is 13.7. The first-order valence-electron chi connectivity index (χ1n) is 8.28. The Bertz CT molecular complexity index is 778. The van der Waals surface area contributed by atoms with E-state index in [1.54, 1.807) is 4.90 Å². The van der Waals surface area contributed by atoms with Crippen LogP contribution in [0.3, 0.4) is 0 Å². The van der Waals surface area contributed by atoms with E-state index in [-0.39, 0.29) is 18.2 Å². The molecular weight excluding hydrogens is 300 g/mol. The maximum Gasteiger partial charge on any atom is 0.235 e. The quantitative estimate of drug-likeness (QED) is 0.935. The first-order valence-corrected chi connectivity index (χ1v) is 8.28. The number of carbonyl (C=O) groups is 2. The highest BCUT2D eigenvalue weighted by atomic mass is 16.2. The summed E-state index contributed by atoms with van der Waals surface area (Å²) < 4.78 is 0. The summed E-state index contributed by atoms with van der Waals surface area (Å²) in [7, 11) is 0. The largest absolute Gasteiger partial charge is 0.326 e. The molecule has 0 spiro atoms. The van der Waals surface area contributed by atoms with E-state index < -0.39 is 5.92 Å². The molecule has 2 aromatic rings. The zero-order valence-electron chi connectivity index (χ0n) is 14.3. The van der Waals surface area contributed by atoms with Crippen LogP contribution in [-0.4, -0.2) is 18.4 Å². The molecule has 1 atom stereocenters. The standard InChI is InChI=1S/C20H22N2O2/c1-4-22(15-10-13(2)9-14(3)11-15)20(24)17-12-19(23)21-18-8-6-5-7-16(17)18/h5-11,17H,4,12H2,1-3H3,(H,21,23). The fourth-order valence-corrected chi connectivity index (χ4v) is 3.39. The van der Waals surface area contributed by atoms with E-state index in [1.807, 2.05) is 57.2 Å². The van der Waals surface area contributed by atoms with Crippen LogP contribution in [-0.2, 0) is 9.59 Å². The Morgan fingerprint density at radius 2 is 1.83 bits per heavy atom. The molecule has 0 saturated carbocycles. The van der Waals surface area contributed by atoms with Gasteiger partial charge in [0.05, 0.1) is 5.92 Å². The van der Waals surface area contributed by atoms with E-state index in [0.29, 0.717) is 6.54 Å². The second kappa shape index (κ2) is 6.48. The molecule has 4 heteroatoms. The van der Waals surface area contributed by atoms with Gasteiger partial charge in [-0.1, -0.05) is 24.3 Å². The molecule has 0 fully saturated rings. The van der Waals surface area contributed by atoms with Crippen molar-refractivity contribution in [1.29, 1.82) is 0 Å². The van der Waals surface area contributed by atoms with E-state index >= 15 is 0 Å². The Morgan fingerprint density at radius 3 is 2.50 bits per heavy atom. The number of rotatable bonds is 3. The van der Waals surface area contributed by atoms with Crippen LogP contribution < -0.4 is 10.2 Å². The number of hydrogen-bond donors (Lipinski definition) is 1. The van der Waals surface area contributed by atoms with Gasteiger partial charge in [-0.15, -0.1) is 0 Å². The minimum absolute atomic E-state index is 0.0233. The van der Waals surface area contributed by atoms with Crippen molar-refractivity contribution in [3.63, 3.8) is 0 Å². The number of hydrogen-bond acceptors (Lipinski definition) is 2. The van der Waals surface area contributed by atoms with Crippen molar-refractivity contribution in [3.8, 4) is 0 Å². The highest BCUT2D eigenvalue weighted by Gasteiger charge is 2.33. The number of nitrogens with one attached hydrogen (secondary N) is 1. The highest BCUT2D eigenvalue weighted by molar-refractivity contribution is 6.06. The summed E-state index contributed by atoms with van der Waals surface area (Å²) in [4.78, 5) is 27.0. The first kappa shape index (κ1) is 16.2. The summed E-state index contributed by atoms with van der Waals surface area (Å²) in [5.74, 6) is -0.566. The van der Waals surface area contributed by atoms with Crippen LogP contribution in [0.1, 0.15) is 36.0 Å². The van der Waals surface area contributed by atoms with Crippen LogP contribution in [0.4, 0.5) is 11.4 Å². The van der Waals surface area contributed by atoms with Crippen molar-refractivity contribution in [2.75, 3.05) is 16.8 Å². The van der Waals surface area contributed by atoms with Crippen LogP contribution >= 0.6 is 0 Å². The summed E-state index contributed by atoms with van der Waals surface area (Å²) in [6.45, 7) is 6.59. The molecule has 1 heterocycles. The van der Waals surface area contributed by atoms with Gasteiger partial charge in [0.25, 0.3) is 0 Å². The number of nitrogens with zero attached hydrogens (tertiary/aromatic N) is 1. The Hall–Kier alpha value is -2.62. The van der Waals surface area contributed by atoms with Gasteiger partial charge < -0.3 is 10.2 Å². The first-order chi connectivity index (χ1) is 11.5. The zero-order chi connectivity index (χ0) is 17.3. The highest BCUT2D eigenvalue weighted by Crippen LogP contribution is 2.34. The number of fused-ring (bicyclic) bond motifs is 1. The average molecular weight is 322 g/mol. The number of carbonyl (C=O) groups excluding carboxylic acids is 2. The monoisotopic (exact) mass is 322 g/mol. The number of likely N-dealkylation sites (N-methyl/N-ethyl adjacent to an activating group) is 1. The predicted molar refractivity (Wildman–Crippen MR) is 96.4 cm³/mol. The Morgan fingerprint density at radius 1 is 1.17 bits per heavy atom. The third kappa shape index (κ3) is 3.04.